The predicted molar refractivity (Wildman–Crippen MR) is 138 cm³/mol. The van der Waals surface area contributed by atoms with Crippen LogP contribution in [0.5, 0.6) is 17.2 Å². The van der Waals surface area contributed by atoms with Gasteiger partial charge in [0, 0.05) is 19.2 Å². The molecule has 0 N–H and O–H groups in total. The van der Waals surface area contributed by atoms with E-state index in [1.807, 2.05) is 0 Å². The molecule has 0 bridgehead atoms. The molecule has 0 saturated carbocycles. The molecule has 0 radical (unpaired) electrons. The molecule has 1 atom stereocenters. The van der Waals surface area contributed by atoms with Crippen molar-refractivity contribution in [1.82, 2.24) is 4.31 Å². The van der Waals surface area contributed by atoms with Crippen LogP contribution in [-0.2, 0) is 24.4 Å². The van der Waals surface area contributed by atoms with Crippen molar-refractivity contribution in [3.8, 4) is 17.2 Å². The number of ether oxygens (including phenoxy) is 3. The molecule has 1 unspecified atom stereocenters. The molecule has 1 saturated heterocycles. The minimum absolute atomic E-state index is 0.0586. The fourth-order valence-electron chi connectivity index (χ4n) is 3.34. The Balaban J connectivity index is 1.80. The van der Waals surface area contributed by atoms with Gasteiger partial charge in [-0.3, -0.25) is 0 Å². The molecule has 1 aliphatic heterocycles. The molecule has 12 heteroatoms. The number of carbonyl (C=O) groups is 1. The van der Waals surface area contributed by atoms with E-state index in [0.29, 0.717) is 39.1 Å². The van der Waals surface area contributed by atoms with Crippen molar-refractivity contribution < 1.29 is 32.3 Å². The summed E-state index contributed by atoms with van der Waals surface area (Å²) in [5, 5.41) is 3.84. The number of hydrogen-bond acceptors (Lipinski definition) is 8. The van der Waals surface area contributed by atoms with E-state index >= 15 is 0 Å². The predicted octanol–water partition coefficient (Wildman–Crippen LogP) is 5.10. The van der Waals surface area contributed by atoms with E-state index in [1.54, 1.807) is 38.1 Å². The van der Waals surface area contributed by atoms with Crippen molar-refractivity contribution in [2.45, 2.75) is 37.7 Å². The summed E-state index contributed by atoms with van der Waals surface area (Å²) in [7, 11) is -2.28. The molecule has 1 aliphatic rings. The van der Waals surface area contributed by atoms with Crippen molar-refractivity contribution in [3.63, 3.8) is 0 Å². The van der Waals surface area contributed by atoms with Crippen LogP contribution in [0, 0.1) is 0 Å². The van der Waals surface area contributed by atoms with Crippen LogP contribution in [0.4, 0.5) is 0 Å². The first-order valence-electron chi connectivity index (χ1n) is 10.9. The zero-order chi connectivity index (χ0) is 25.6. The molecule has 0 amide bonds. The van der Waals surface area contributed by atoms with Crippen molar-refractivity contribution in [3.05, 3.63) is 44.8 Å². The molecule has 1 fully saturated rings. The van der Waals surface area contributed by atoms with E-state index in [4.69, 9.17) is 19.0 Å². The standard InChI is InChI=1S/C23H26Br2N2O7S/c1-4-32-23(28)15(2)34-26-14-16-11-18(24)22(19(25)12-16)33-17-7-8-20(31-3)21(13-17)35(29,30)27-9-5-6-10-27/h7-8,11-15H,4-6,9-10H2,1-3H3. The highest BCUT2D eigenvalue weighted by Gasteiger charge is 2.30. The highest BCUT2D eigenvalue weighted by molar-refractivity contribution is 9.11. The van der Waals surface area contributed by atoms with Gasteiger partial charge in [-0.25, -0.2) is 13.2 Å². The molecule has 3 rings (SSSR count). The Morgan fingerprint density at radius 1 is 1.17 bits per heavy atom. The number of halogens is 2. The highest BCUT2D eigenvalue weighted by Crippen LogP contribution is 2.40. The Morgan fingerprint density at radius 2 is 1.83 bits per heavy atom. The maximum Gasteiger partial charge on any atom is 0.349 e. The lowest BCUT2D eigenvalue weighted by Gasteiger charge is -2.19. The molecule has 9 nitrogen and oxygen atoms in total. The average Bonchev–Trinajstić information content (AvgIpc) is 3.37. The lowest BCUT2D eigenvalue weighted by atomic mass is 10.2. The van der Waals surface area contributed by atoms with Gasteiger partial charge in [-0.2, -0.15) is 4.31 Å². The summed E-state index contributed by atoms with van der Waals surface area (Å²) < 4.78 is 45.1. The molecule has 0 aromatic heterocycles. The number of oxime groups is 1. The van der Waals surface area contributed by atoms with E-state index in [2.05, 4.69) is 37.0 Å². The Morgan fingerprint density at radius 3 is 2.43 bits per heavy atom. The highest BCUT2D eigenvalue weighted by atomic mass is 79.9. The van der Waals surface area contributed by atoms with Crippen LogP contribution in [0.2, 0.25) is 0 Å². The van der Waals surface area contributed by atoms with Gasteiger partial charge in [-0.15, -0.1) is 0 Å². The molecule has 1 heterocycles. The quantitative estimate of drug-likeness (QED) is 0.204. The van der Waals surface area contributed by atoms with Gasteiger partial charge in [0.1, 0.15) is 16.4 Å². The Labute approximate surface area is 221 Å². The average molecular weight is 634 g/mol. The normalized spacial score (nSPS) is 15.2. The van der Waals surface area contributed by atoms with E-state index in [0.717, 1.165) is 12.8 Å². The fraction of sp³-hybridized carbons (Fsp3) is 0.391. The molecule has 35 heavy (non-hydrogen) atoms. The van der Waals surface area contributed by atoms with Gasteiger partial charge >= 0.3 is 5.97 Å². The summed E-state index contributed by atoms with van der Waals surface area (Å²) in [6, 6.07) is 8.16. The second kappa shape index (κ2) is 12.2. The third kappa shape index (κ3) is 6.75. The Bertz CT molecular complexity index is 1180. The minimum Gasteiger partial charge on any atom is -0.495 e. The van der Waals surface area contributed by atoms with Crippen LogP contribution in [-0.4, -0.2) is 57.8 Å². The first-order chi connectivity index (χ1) is 16.7. The molecule has 2 aromatic carbocycles. The lowest BCUT2D eigenvalue weighted by Crippen LogP contribution is -2.28. The lowest BCUT2D eigenvalue weighted by molar-refractivity contribution is -0.155. The van der Waals surface area contributed by atoms with Gasteiger partial charge in [0.25, 0.3) is 0 Å². The zero-order valence-electron chi connectivity index (χ0n) is 19.5. The molecular weight excluding hydrogens is 608 g/mol. The fourth-order valence-corrected chi connectivity index (χ4v) is 6.42. The van der Waals surface area contributed by atoms with E-state index in [1.165, 1.54) is 23.7 Å². The zero-order valence-corrected chi connectivity index (χ0v) is 23.5. The van der Waals surface area contributed by atoms with Gasteiger partial charge in [0.15, 0.2) is 5.75 Å². The largest absolute Gasteiger partial charge is 0.495 e. The Hall–Kier alpha value is -2.15. The summed E-state index contributed by atoms with van der Waals surface area (Å²) in [6.07, 6.45) is 2.28. The topological polar surface area (TPSA) is 104 Å². The third-order valence-corrected chi connectivity index (χ3v) is 8.20. The van der Waals surface area contributed by atoms with Crippen molar-refractivity contribution in [1.29, 1.82) is 0 Å². The van der Waals surface area contributed by atoms with Gasteiger partial charge < -0.3 is 19.0 Å². The summed E-state index contributed by atoms with van der Waals surface area (Å²) in [5.74, 6) is 0.531. The van der Waals surface area contributed by atoms with E-state index in [-0.39, 0.29) is 17.3 Å². The number of benzene rings is 2. The van der Waals surface area contributed by atoms with Gasteiger partial charge in [0.05, 0.1) is 28.9 Å². The Kier molecular flexibility index (Phi) is 9.56. The number of sulfonamides is 1. The molecule has 190 valence electrons. The van der Waals surface area contributed by atoms with Crippen LogP contribution in [0.1, 0.15) is 32.3 Å². The van der Waals surface area contributed by atoms with Gasteiger partial charge in [-0.05, 0) is 88.4 Å². The van der Waals surface area contributed by atoms with Crippen LogP contribution in [0.25, 0.3) is 0 Å². The summed E-state index contributed by atoms with van der Waals surface area (Å²) in [4.78, 5) is 16.8. The van der Waals surface area contributed by atoms with Gasteiger partial charge in [-0.1, -0.05) is 5.16 Å². The monoisotopic (exact) mass is 632 g/mol. The maximum absolute atomic E-state index is 13.1. The number of hydrogen-bond donors (Lipinski definition) is 0. The van der Waals surface area contributed by atoms with E-state index < -0.39 is 22.1 Å². The number of esters is 1. The van der Waals surface area contributed by atoms with E-state index in [9.17, 15) is 13.2 Å². The first kappa shape index (κ1) is 27.4. The van der Waals surface area contributed by atoms with Crippen LogP contribution >= 0.6 is 31.9 Å². The summed E-state index contributed by atoms with van der Waals surface area (Å²) in [5.41, 5.74) is 0.666. The maximum atomic E-state index is 13.1. The second-order valence-corrected chi connectivity index (χ2v) is 11.2. The summed E-state index contributed by atoms with van der Waals surface area (Å²) >= 11 is 6.95. The third-order valence-electron chi connectivity index (χ3n) is 5.10. The van der Waals surface area contributed by atoms with Crippen LogP contribution < -0.4 is 9.47 Å². The SMILES string of the molecule is CCOC(=O)C(C)ON=Cc1cc(Br)c(Oc2ccc(OC)c(S(=O)(=O)N3CCCC3)c2)c(Br)c1. The summed E-state index contributed by atoms with van der Waals surface area (Å²) in [6.45, 7) is 4.49. The number of rotatable bonds is 10. The first-order valence-corrected chi connectivity index (χ1v) is 13.9. The number of carbonyl (C=O) groups excluding carboxylic acids is 1. The van der Waals surface area contributed by atoms with Gasteiger partial charge in [0.2, 0.25) is 16.1 Å². The molecule has 0 spiro atoms. The second-order valence-electron chi connectivity index (χ2n) is 7.57. The van der Waals surface area contributed by atoms with Crippen molar-refractivity contribution >= 4 is 54.1 Å². The molecule has 0 aliphatic carbocycles. The molecule has 2 aromatic rings. The minimum atomic E-state index is -3.71. The van der Waals surface area contributed by atoms with Crippen LogP contribution in [0.15, 0.2) is 49.3 Å². The number of nitrogens with zero attached hydrogens (tertiary/aromatic N) is 2. The number of methoxy groups -OCH3 is 1. The van der Waals surface area contributed by atoms with Crippen LogP contribution in [0.3, 0.4) is 0 Å². The van der Waals surface area contributed by atoms with Crippen molar-refractivity contribution in [2.75, 3.05) is 26.8 Å². The van der Waals surface area contributed by atoms with Crippen molar-refractivity contribution in [2.24, 2.45) is 5.16 Å². The smallest absolute Gasteiger partial charge is 0.349 e. The molecular formula is C23H26Br2N2O7S.